The highest BCUT2D eigenvalue weighted by atomic mass is 16.7. The fraction of sp³-hybridized carbons (Fsp3) is 0.778. The van der Waals surface area contributed by atoms with Gasteiger partial charge in [-0.15, -0.1) is 0 Å². The van der Waals surface area contributed by atoms with Crippen LogP contribution in [-0.4, -0.2) is 93.6 Å². The van der Waals surface area contributed by atoms with E-state index in [9.17, 15) is 29.7 Å². The summed E-state index contributed by atoms with van der Waals surface area (Å²) in [5.41, 5.74) is -6.16. The van der Waals surface area contributed by atoms with Crippen LogP contribution in [0.3, 0.4) is 0 Å². The lowest BCUT2D eigenvalue weighted by Crippen LogP contribution is -2.86. The third-order valence-corrected chi connectivity index (χ3v) is 14.5. The molecule has 0 amide bonds. The van der Waals surface area contributed by atoms with E-state index in [0.717, 1.165) is 12.5 Å². The van der Waals surface area contributed by atoms with Crippen molar-refractivity contribution >= 4 is 23.7 Å². The van der Waals surface area contributed by atoms with Gasteiger partial charge in [0, 0.05) is 48.9 Å². The lowest BCUT2D eigenvalue weighted by atomic mass is 9.32. The third-order valence-electron chi connectivity index (χ3n) is 14.5. The monoisotopic (exact) mass is 688 g/mol. The van der Waals surface area contributed by atoms with Crippen molar-refractivity contribution in [2.45, 2.75) is 129 Å². The van der Waals surface area contributed by atoms with E-state index in [1.807, 2.05) is 13.8 Å². The molecule has 1 aromatic rings. The summed E-state index contributed by atoms with van der Waals surface area (Å²) in [7, 11) is 0. The maximum absolute atomic E-state index is 15.1. The van der Waals surface area contributed by atoms with E-state index < -0.39 is 111 Å². The molecule has 2 saturated heterocycles. The van der Waals surface area contributed by atoms with E-state index in [1.165, 1.54) is 20.1 Å². The molecule has 0 radical (unpaired) electrons. The highest BCUT2D eigenvalue weighted by Crippen LogP contribution is 2.83. The summed E-state index contributed by atoms with van der Waals surface area (Å²) < 4.78 is 36.4. The molecule has 0 aromatic carbocycles. The highest BCUT2D eigenvalue weighted by molar-refractivity contribution is 5.91. The molecule has 2 bridgehead atoms. The molecule has 270 valence electrons. The number of ketones is 1. The van der Waals surface area contributed by atoms with Gasteiger partial charge >= 0.3 is 17.9 Å². The normalized spacial score (nSPS) is 51.3. The van der Waals surface area contributed by atoms with Gasteiger partial charge in [-0.05, 0) is 43.7 Å². The number of hydrogen-bond donors (Lipinski definition) is 3. The molecule has 49 heavy (non-hydrogen) atoms. The Morgan fingerprint density at radius 2 is 1.67 bits per heavy atom. The van der Waals surface area contributed by atoms with Crippen LogP contribution in [-0.2, 0) is 42.9 Å². The number of carbonyl (C=O) groups is 4. The standard InChI is InChI=1S/C36H48O13/c1-9-16(2)30(43)49-34(8)32(6)21-13-22(39)33(7)26(35(21,15-45-34)28(42)25(46-17(3)37)29(32)47-18(4)38)24(40)27(41)31(5)20(19-10-11-44-14-19)12-23-36(31,33)48-23/h10-11,14,16,20-23,25-29,39,41-42H,9,12-13,15H2,1-8H3. The first-order chi connectivity index (χ1) is 22.8. The van der Waals surface area contributed by atoms with Crippen LogP contribution < -0.4 is 0 Å². The van der Waals surface area contributed by atoms with Crippen LogP contribution in [0.25, 0.3) is 0 Å². The molecule has 1 spiro atoms. The Morgan fingerprint density at radius 3 is 2.27 bits per heavy atom. The SMILES string of the molecule is CCC(C)C(=O)OC1(C)OCC23C(O)C(OC(C)=O)C(OC(C)=O)C1(C)C2CC(O)C1(C)C3C(=O)C(O)C2(C)C(c3ccoc3)CC3OC321. The zero-order valence-electron chi connectivity index (χ0n) is 29.3. The number of rotatable bonds is 6. The summed E-state index contributed by atoms with van der Waals surface area (Å²) in [5, 5.41) is 37.4. The molecule has 3 N–H and O–H groups in total. The van der Waals surface area contributed by atoms with E-state index in [0.29, 0.717) is 12.8 Å². The predicted octanol–water partition coefficient (Wildman–Crippen LogP) is 2.42. The summed E-state index contributed by atoms with van der Waals surface area (Å²) in [4.78, 5) is 53.9. The molecule has 16 atom stereocenters. The van der Waals surface area contributed by atoms with Crippen molar-refractivity contribution in [3.63, 3.8) is 0 Å². The van der Waals surface area contributed by atoms with E-state index in [1.54, 1.807) is 33.1 Å². The largest absolute Gasteiger partial charge is 0.472 e. The zero-order valence-corrected chi connectivity index (χ0v) is 29.3. The number of esters is 3. The van der Waals surface area contributed by atoms with Gasteiger partial charge in [-0.2, -0.15) is 0 Å². The van der Waals surface area contributed by atoms with Gasteiger partial charge in [-0.3, -0.25) is 19.2 Å². The number of Topliss-reactive ketones (excluding diaryl/α,β-unsaturated/α-hetero) is 1. The smallest absolute Gasteiger partial charge is 0.311 e. The van der Waals surface area contributed by atoms with Crippen LogP contribution in [0, 0.1) is 39.4 Å². The van der Waals surface area contributed by atoms with Crippen molar-refractivity contribution in [3.05, 3.63) is 24.2 Å². The van der Waals surface area contributed by atoms with E-state index in [2.05, 4.69) is 0 Å². The second-order valence-corrected chi connectivity index (χ2v) is 16.2. The Hall–Kier alpha value is -2.84. The molecule has 6 fully saturated rings. The summed E-state index contributed by atoms with van der Waals surface area (Å²) in [6.07, 6.45) is -3.86. The molecule has 4 aliphatic carbocycles. The number of furan rings is 1. The zero-order chi connectivity index (χ0) is 35.9. The molecule has 13 heteroatoms. The van der Waals surface area contributed by atoms with Crippen molar-refractivity contribution in [1.82, 2.24) is 0 Å². The molecule has 6 aliphatic rings. The Morgan fingerprint density at radius 1 is 1.00 bits per heavy atom. The third kappa shape index (κ3) is 3.83. The van der Waals surface area contributed by atoms with Crippen molar-refractivity contribution < 1.29 is 62.6 Å². The van der Waals surface area contributed by atoms with Gasteiger partial charge in [0.25, 0.3) is 0 Å². The van der Waals surface area contributed by atoms with E-state index in [4.69, 9.17) is 28.1 Å². The minimum Gasteiger partial charge on any atom is -0.472 e. The predicted molar refractivity (Wildman–Crippen MR) is 166 cm³/mol. The Kier molecular flexibility index (Phi) is 7.48. The Bertz CT molecular complexity index is 1580. The topological polar surface area (TPSA) is 192 Å². The van der Waals surface area contributed by atoms with Gasteiger partial charge in [-0.25, -0.2) is 0 Å². The van der Waals surface area contributed by atoms with Crippen LogP contribution in [0.15, 0.2) is 23.0 Å². The average molecular weight is 689 g/mol. The maximum Gasteiger partial charge on any atom is 0.311 e. The first-order valence-corrected chi connectivity index (χ1v) is 17.3. The van der Waals surface area contributed by atoms with Gasteiger partial charge < -0.3 is 43.4 Å². The Balaban J connectivity index is 1.45. The van der Waals surface area contributed by atoms with Crippen LogP contribution in [0.2, 0.25) is 0 Å². The van der Waals surface area contributed by atoms with Crippen molar-refractivity contribution in [1.29, 1.82) is 0 Å². The fourth-order valence-electron chi connectivity index (χ4n) is 11.9. The van der Waals surface area contributed by atoms with Crippen LogP contribution in [0.5, 0.6) is 0 Å². The van der Waals surface area contributed by atoms with Gasteiger partial charge in [-0.1, -0.05) is 27.7 Å². The van der Waals surface area contributed by atoms with E-state index in [-0.39, 0.29) is 18.9 Å². The summed E-state index contributed by atoms with van der Waals surface area (Å²) in [6.45, 7) is 12.3. The molecule has 13 nitrogen and oxygen atoms in total. The van der Waals surface area contributed by atoms with Gasteiger partial charge in [0.2, 0.25) is 5.79 Å². The minimum atomic E-state index is -1.84. The molecule has 7 rings (SSSR count). The highest BCUT2D eigenvalue weighted by Gasteiger charge is 2.93. The number of epoxide rings is 1. The lowest BCUT2D eigenvalue weighted by Gasteiger charge is -2.75. The summed E-state index contributed by atoms with van der Waals surface area (Å²) >= 11 is 0. The Labute approximate surface area is 284 Å². The van der Waals surface area contributed by atoms with Gasteiger partial charge in [0.1, 0.15) is 17.8 Å². The molecule has 16 unspecified atom stereocenters. The average Bonchev–Trinajstić information content (AvgIpc) is 3.39. The second kappa shape index (κ2) is 10.6. The van der Waals surface area contributed by atoms with Gasteiger partial charge in [0.05, 0.1) is 42.7 Å². The first-order valence-electron chi connectivity index (χ1n) is 17.3. The quantitative estimate of drug-likeness (QED) is 0.225. The van der Waals surface area contributed by atoms with Crippen molar-refractivity contribution in [2.75, 3.05) is 6.61 Å². The number of ether oxygens (including phenoxy) is 5. The summed E-state index contributed by atoms with van der Waals surface area (Å²) in [6, 6.07) is 1.80. The molecule has 1 aromatic heterocycles. The molecule has 3 heterocycles. The molecule has 2 aliphatic heterocycles. The number of carbonyl (C=O) groups excluding carboxylic acids is 4. The number of hydrogen-bond acceptors (Lipinski definition) is 13. The first kappa shape index (κ1) is 34.6. The van der Waals surface area contributed by atoms with Crippen LogP contribution in [0.1, 0.15) is 86.1 Å². The van der Waals surface area contributed by atoms with E-state index >= 15 is 4.79 Å². The molecular weight excluding hydrogens is 640 g/mol. The molecular formula is C36H48O13. The lowest BCUT2D eigenvalue weighted by molar-refractivity contribution is -0.423. The van der Waals surface area contributed by atoms with Crippen LogP contribution >= 0.6 is 0 Å². The van der Waals surface area contributed by atoms with Crippen molar-refractivity contribution in [3.8, 4) is 0 Å². The fourth-order valence-corrected chi connectivity index (χ4v) is 11.9. The number of aliphatic hydroxyl groups excluding tert-OH is 3. The minimum absolute atomic E-state index is 0.0430. The molecule has 4 saturated carbocycles. The van der Waals surface area contributed by atoms with Crippen LogP contribution in [0.4, 0.5) is 0 Å². The second-order valence-electron chi connectivity index (χ2n) is 16.2. The summed E-state index contributed by atoms with van der Waals surface area (Å²) in [5.74, 6) is -7.62. The maximum atomic E-state index is 15.1. The van der Waals surface area contributed by atoms with Crippen molar-refractivity contribution in [2.24, 2.45) is 39.4 Å². The number of fused-ring (bicyclic) bond motifs is 1. The van der Waals surface area contributed by atoms with Gasteiger partial charge in [0.15, 0.2) is 18.0 Å². The number of aliphatic hydroxyl groups is 3.